The van der Waals surface area contributed by atoms with Gasteiger partial charge < -0.3 is 10.6 Å². The molecule has 1 fully saturated rings. The van der Waals surface area contributed by atoms with Crippen LogP contribution >= 0.6 is 0 Å². The number of carbonyl (C=O) groups is 1. The van der Waals surface area contributed by atoms with Crippen molar-refractivity contribution >= 4 is 5.91 Å². The Bertz CT molecular complexity index is 427. The first kappa shape index (κ1) is 13.0. The quantitative estimate of drug-likeness (QED) is 0.831. The second-order valence-electron chi connectivity index (χ2n) is 4.72. The van der Waals surface area contributed by atoms with E-state index in [4.69, 9.17) is 0 Å². The fourth-order valence-corrected chi connectivity index (χ4v) is 2.21. The van der Waals surface area contributed by atoms with E-state index in [0.717, 1.165) is 43.7 Å². The SMILES string of the molecule is CCc1nnc(C)cc1C(=O)NC1CCCNC1. The molecule has 2 heterocycles. The van der Waals surface area contributed by atoms with Crippen LogP contribution in [0.1, 0.15) is 41.5 Å². The van der Waals surface area contributed by atoms with Crippen LogP contribution in [0, 0.1) is 6.92 Å². The predicted molar refractivity (Wildman–Crippen MR) is 69.5 cm³/mol. The number of rotatable bonds is 3. The minimum absolute atomic E-state index is 0.0291. The predicted octanol–water partition coefficient (Wildman–Crippen LogP) is 0.829. The van der Waals surface area contributed by atoms with Crippen molar-refractivity contribution in [3.05, 3.63) is 23.0 Å². The molecule has 1 amide bonds. The molecule has 1 aromatic heterocycles. The zero-order valence-electron chi connectivity index (χ0n) is 11.0. The lowest BCUT2D eigenvalue weighted by Crippen LogP contribution is -2.45. The van der Waals surface area contributed by atoms with E-state index in [1.165, 1.54) is 0 Å². The van der Waals surface area contributed by atoms with E-state index >= 15 is 0 Å². The van der Waals surface area contributed by atoms with E-state index in [0.29, 0.717) is 5.56 Å². The van der Waals surface area contributed by atoms with E-state index < -0.39 is 0 Å². The highest BCUT2D eigenvalue weighted by Crippen LogP contribution is 2.09. The summed E-state index contributed by atoms with van der Waals surface area (Å²) < 4.78 is 0. The van der Waals surface area contributed by atoms with Gasteiger partial charge in [0, 0.05) is 12.6 Å². The molecular formula is C13H20N4O. The van der Waals surface area contributed by atoms with Crippen LogP contribution in [0.2, 0.25) is 0 Å². The van der Waals surface area contributed by atoms with Crippen LogP contribution in [0.4, 0.5) is 0 Å². The molecule has 18 heavy (non-hydrogen) atoms. The molecule has 1 aliphatic rings. The lowest BCUT2D eigenvalue weighted by atomic mass is 10.1. The van der Waals surface area contributed by atoms with Crippen molar-refractivity contribution in [2.75, 3.05) is 13.1 Å². The smallest absolute Gasteiger partial charge is 0.253 e. The number of nitrogens with zero attached hydrogens (tertiary/aromatic N) is 2. The van der Waals surface area contributed by atoms with Crippen molar-refractivity contribution in [2.24, 2.45) is 0 Å². The van der Waals surface area contributed by atoms with Gasteiger partial charge in [0.2, 0.25) is 0 Å². The van der Waals surface area contributed by atoms with E-state index in [1.54, 1.807) is 0 Å². The molecule has 0 spiro atoms. The normalized spacial score (nSPS) is 19.6. The summed E-state index contributed by atoms with van der Waals surface area (Å²) >= 11 is 0. The maximum atomic E-state index is 12.2. The zero-order chi connectivity index (χ0) is 13.0. The molecule has 0 aliphatic carbocycles. The van der Waals surface area contributed by atoms with Gasteiger partial charge in [0.15, 0.2) is 0 Å². The third-order valence-electron chi connectivity index (χ3n) is 3.20. The van der Waals surface area contributed by atoms with Crippen LogP contribution in [-0.2, 0) is 6.42 Å². The molecule has 0 saturated carbocycles. The molecule has 1 aromatic rings. The first-order chi connectivity index (χ1) is 8.70. The van der Waals surface area contributed by atoms with Crippen molar-refractivity contribution in [1.82, 2.24) is 20.8 Å². The van der Waals surface area contributed by atoms with E-state index in [2.05, 4.69) is 20.8 Å². The minimum Gasteiger partial charge on any atom is -0.348 e. The Hall–Kier alpha value is -1.49. The van der Waals surface area contributed by atoms with E-state index in [1.807, 2.05) is 19.9 Å². The van der Waals surface area contributed by atoms with Crippen LogP contribution in [0.25, 0.3) is 0 Å². The zero-order valence-corrected chi connectivity index (χ0v) is 11.0. The highest BCUT2D eigenvalue weighted by molar-refractivity contribution is 5.95. The summed E-state index contributed by atoms with van der Waals surface area (Å²) in [4.78, 5) is 12.2. The molecule has 1 unspecified atom stereocenters. The number of nitrogens with one attached hydrogen (secondary N) is 2. The van der Waals surface area contributed by atoms with Gasteiger partial charge in [-0.1, -0.05) is 6.92 Å². The monoisotopic (exact) mass is 248 g/mol. The third-order valence-corrected chi connectivity index (χ3v) is 3.20. The Morgan fingerprint density at radius 3 is 3.06 bits per heavy atom. The summed E-state index contributed by atoms with van der Waals surface area (Å²) in [6.45, 7) is 5.73. The lowest BCUT2D eigenvalue weighted by molar-refractivity contribution is 0.0929. The molecule has 1 saturated heterocycles. The molecule has 0 bridgehead atoms. The number of aryl methyl sites for hydroxylation is 2. The fraction of sp³-hybridized carbons (Fsp3) is 0.615. The second-order valence-corrected chi connectivity index (χ2v) is 4.72. The van der Waals surface area contributed by atoms with Gasteiger partial charge in [-0.3, -0.25) is 4.79 Å². The lowest BCUT2D eigenvalue weighted by Gasteiger charge is -2.24. The number of hydrogen-bond donors (Lipinski definition) is 2. The molecule has 1 aliphatic heterocycles. The molecule has 1 atom stereocenters. The molecule has 98 valence electrons. The highest BCUT2D eigenvalue weighted by Gasteiger charge is 2.18. The number of aromatic nitrogens is 2. The van der Waals surface area contributed by atoms with Gasteiger partial charge in [-0.2, -0.15) is 10.2 Å². The topological polar surface area (TPSA) is 66.9 Å². The van der Waals surface area contributed by atoms with Crippen LogP contribution in [0.3, 0.4) is 0 Å². The number of amides is 1. The Balaban J connectivity index is 2.09. The molecular weight excluding hydrogens is 228 g/mol. The first-order valence-electron chi connectivity index (χ1n) is 6.55. The van der Waals surface area contributed by atoms with Crippen molar-refractivity contribution in [3.63, 3.8) is 0 Å². The largest absolute Gasteiger partial charge is 0.348 e. The van der Waals surface area contributed by atoms with Gasteiger partial charge in [0.1, 0.15) is 0 Å². The van der Waals surface area contributed by atoms with Crippen LogP contribution in [0.15, 0.2) is 6.07 Å². The standard InChI is InChI=1S/C13H20N4O/c1-3-12-11(7-9(2)16-17-12)13(18)15-10-5-4-6-14-8-10/h7,10,14H,3-6,8H2,1-2H3,(H,15,18). The van der Waals surface area contributed by atoms with Crippen molar-refractivity contribution in [3.8, 4) is 0 Å². The van der Waals surface area contributed by atoms with E-state index in [9.17, 15) is 4.79 Å². The molecule has 2 rings (SSSR count). The van der Waals surface area contributed by atoms with Gasteiger partial charge in [0.05, 0.1) is 17.0 Å². The summed E-state index contributed by atoms with van der Waals surface area (Å²) in [6.07, 6.45) is 2.87. The second kappa shape index (κ2) is 5.91. The summed E-state index contributed by atoms with van der Waals surface area (Å²) in [7, 11) is 0. The average molecular weight is 248 g/mol. The maximum Gasteiger partial charge on any atom is 0.253 e. The summed E-state index contributed by atoms with van der Waals surface area (Å²) in [5, 5.41) is 14.4. The van der Waals surface area contributed by atoms with Gasteiger partial charge in [-0.25, -0.2) is 0 Å². The Kier molecular flexibility index (Phi) is 4.25. The van der Waals surface area contributed by atoms with Crippen molar-refractivity contribution in [2.45, 2.75) is 39.2 Å². The Morgan fingerprint density at radius 2 is 2.39 bits per heavy atom. The van der Waals surface area contributed by atoms with Gasteiger partial charge in [-0.15, -0.1) is 0 Å². The van der Waals surface area contributed by atoms with Crippen LogP contribution < -0.4 is 10.6 Å². The van der Waals surface area contributed by atoms with Crippen molar-refractivity contribution in [1.29, 1.82) is 0 Å². The molecule has 5 heteroatoms. The summed E-state index contributed by atoms with van der Waals surface area (Å²) in [6, 6.07) is 2.04. The van der Waals surface area contributed by atoms with Crippen molar-refractivity contribution < 1.29 is 4.79 Å². The minimum atomic E-state index is -0.0291. The summed E-state index contributed by atoms with van der Waals surface area (Å²) in [5.74, 6) is -0.0291. The number of carbonyl (C=O) groups excluding carboxylic acids is 1. The van der Waals surface area contributed by atoms with Gasteiger partial charge >= 0.3 is 0 Å². The third kappa shape index (κ3) is 3.04. The van der Waals surface area contributed by atoms with Gasteiger partial charge in [-0.05, 0) is 38.8 Å². The first-order valence-corrected chi connectivity index (χ1v) is 6.55. The molecule has 0 aromatic carbocycles. The van der Waals surface area contributed by atoms with Gasteiger partial charge in [0.25, 0.3) is 5.91 Å². The Labute approximate surface area is 107 Å². The molecule has 0 radical (unpaired) electrons. The fourth-order valence-electron chi connectivity index (χ4n) is 2.21. The van der Waals surface area contributed by atoms with Crippen LogP contribution in [-0.4, -0.2) is 35.2 Å². The average Bonchev–Trinajstić information content (AvgIpc) is 2.40. The highest BCUT2D eigenvalue weighted by atomic mass is 16.1. The summed E-state index contributed by atoms with van der Waals surface area (Å²) in [5.41, 5.74) is 2.21. The molecule has 2 N–H and O–H groups in total. The Morgan fingerprint density at radius 1 is 1.56 bits per heavy atom. The number of hydrogen-bond acceptors (Lipinski definition) is 4. The van der Waals surface area contributed by atoms with E-state index in [-0.39, 0.29) is 11.9 Å². The van der Waals surface area contributed by atoms with Crippen LogP contribution in [0.5, 0.6) is 0 Å². The maximum absolute atomic E-state index is 12.2. The number of piperidine rings is 1. The molecule has 5 nitrogen and oxygen atoms in total.